The summed E-state index contributed by atoms with van der Waals surface area (Å²) in [6.45, 7) is 0. The molecule has 0 aliphatic heterocycles. The molecule has 0 amide bonds. The van der Waals surface area contributed by atoms with Crippen molar-refractivity contribution >= 4 is 11.2 Å². The summed E-state index contributed by atoms with van der Waals surface area (Å²) in [6, 6.07) is 3.82. The van der Waals surface area contributed by atoms with Crippen LogP contribution in [0, 0.1) is 0 Å². The Kier molecular flexibility index (Phi) is 2.64. The summed E-state index contributed by atoms with van der Waals surface area (Å²) in [5, 5.41) is 0. The number of nitrogens with zero attached hydrogens (tertiary/aromatic N) is 5. The van der Waals surface area contributed by atoms with E-state index in [9.17, 15) is 0 Å². The highest BCUT2D eigenvalue weighted by atomic mass is 14.9. The quantitative estimate of drug-likeness (QED) is 0.607. The molecule has 4 rings (SSSR count). The van der Waals surface area contributed by atoms with Gasteiger partial charge in [-0.1, -0.05) is 0 Å². The van der Waals surface area contributed by atoms with Gasteiger partial charge in [0.25, 0.3) is 0 Å². The Labute approximate surface area is 120 Å². The van der Waals surface area contributed by atoms with Crippen LogP contribution in [0.1, 0.15) is 0 Å². The predicted octanol–water partition coefficient (Wildman–Crippen LogP) is 2.48. The highest BCUT2D eigenvalue weighted by molar-refractivity contribution is 5.90. The average molecular weight is 274 g/mol. The maximum absolute atomic E-state index is 4.70. The number of nitrogens with one attached hydrogen (secondary N) is 1. The fourth-order valence-electron chi connectivity index (χ4n) is 2.21. The van der Waals surface area contributed by atoms with Crippen LogP contribution >= 0.6 is 0 Å². The smallest absolute Gasteiger partial charge is 0.156 e. The molecule has 0 atom stereocenters. The van der Waals surface area contributed by atoms with Gasteiger partial charge in [0, 0.05) is 47.7 Å². The van der Waals surface area contributed by atoms with Crippen LogP contribution in [-0.4, -0.2) is 29.9 Å². The summed E-state index contributed by atoms with van der Waals surface area (Å²) >= 11 is 0. The maximum atomic E-state index is 4.70. The van der Waals surface area contributed by atoms with E-state index >= 15 is 0 Å². The SMILES string of the molecule is c1cc(-c2cnc3[nH]cc(-c4cncnc4)c3n2)ccn1. The number of fused-ring (bicyclic) bond motifs is 1. The Hall–Kier alpha value is -3.15. The Morgan fingerprint density at radius 1 is 0.857 bits per heavy atom. The molecule has 0 saturated carbocycles. The fourth-order valence-corrected chi connectivity index (χ4v) is 2.21. The minimum atomic E-state index is 0.742. The van der Waals surface area contributed by atoms with Gasteiger partial charge in [-0.05, 0) is 12.1 Å². The number of aromatic amines is 1. The van der Waals surface area contributed by atoms with Crippen molar-refractivity contribution < 1.29 is 0 Å². The number of H-pyrrole nitrogens is 1. The molecule has 6 nitrogen and oxygen atoms in total. The van der Waals surface area contributed by atoms with Gasteiger partial charge in [0.05, 0.1) is 11.9 Å². The lowest BCUT2D eigenvalue weighted by Crippen LogP contribution is -1.89. The van der Waals surface area contributed by atoms with Crippen LogP contribution in [0.15, 0.2) is 55.6 Å². The number of rotatable bonds is 2. The van der Waals surface area contributed by atoms with Crippen molar-refractivity contribution in [1.82, 2.24) is 29.9 Å². The molecule has 0 fully saturated rings. The van der Waals surface area contributed by atoms with Crippen LogP contribution in [0.5, 0.6) is 0 Å². The van der Waals surface area contributed by atoms with Crippen LogP contribution in [0.2, 0.25) is 0 Å². The summed E-state index contributed by atoms with van der Waals surface area (Å²) in [4.78, 5) is 24.4. The molecule has 0 aromatic carbocycles. The predicted molar refractivity (Wildman–Crippen MR) is 78.1 cm³/mol. The first-order chi connectivity index (χ1) is 10.4. The summed E-state index contributed by atoms with van der Waals surface area (Å²) in [5.74, 6) is 0. The lowest BCUT2D eigenvalue weighted by atomic mass is 10.1. The third kappa shape index (κ3) is 2.02. The third-order valence-electron chi connectivity index (χ3n) is 3.23. The number of pyridine rings is 1. The normalized spacial score (nSPS) is 10.9. The van der Waals surface area contributed by atoms with Crippen LogP contribution in [0.25, 0.3) is 33.5 Å². The molecule has 0 spiro atoms. The van der Waals surface area contributed by atoms with Gasteiger partial charge in [0.15, 0.2) is 5.65 Å². The topological polar surface area (TPSA) is 80.2 Å². The van der Waals surface area contributed by atoms with E-state index in [1.54, 1.807) is 31.0 Å². The molecular weight excluding hydrogens is 264 g/mol. The number of hydrogen-bond donors (Lipinski definition) is 1. The van der Waals surface area contributed by atoms with Crippen molar-refractivity contribution in [2.24, 2.45) is 0 Å². The van der Waals surface area contributed by atoms with Crippen LogP contribution < -0.4 is 0 Å². The summed E-state index contributed by atoms with van der Waals surface area (Å²) in [7, 11) is 0. The second-order valence-electron chi connectivity index (χ2n) is 4.52. The molecule has 4 aromatic heterocycles. The molecule has 0 radical (unpaired) electrons. The first-order valence-corrected chi connectivity index (χ1v) is 6.42. The first kappa shape index (κ1) is 11.7. The Morgan fingerprint density at radius 3 is 2.48 bits per heavy atom. The maximum Gasteiger partial charge on any atom is 0.156 e. The van der Waals surface area contributed by atoms with Gasteiger partial charge in [-0.25, -0.2) is 19.9 Å². The van der Waals surface area contributed by atoms with Gasteiger partial charge in [-0.15, -0.1) is 0 Å². The first-order valence-electron chi connectivity index (χ1n) is 6.42. The second-order valence-corrected chi connectivity index (χ2v) is 4.52. The van der Waals surface area contributed by atoms with Gasteiger partial charge >= 0.3 is 0 Å². The molecule has 0 aliphatic carbocycles. The third-order valence-corrected chi connectivity index (χ3v) is 3.23. The Morgan fingerprint density at radius 2 is 1.67 bits per heavy atom. The highest BCUT2D eigenvalue weighted by Crippen LogP contribution is 2.27. The molecule has 4 heterocycles. The van der Waals surface area contributed by atoms with E-state index in [0.29, 0.717) is 0 Å². The Balaban J connectivity index is 1.91. The summed E-state index contributed by atoms with van der Waals surface area (Å²) < 4.78 is 0. The standard InChI is InChI=1S/C15H10N6/c1-3-16-4-2-10(1)13-8-20-15-14(21-13)12(7-19-15)11-5-17-9-18-6-11/h1-9H,(H,19,20). The average Bonchev–Trinajstić information content (AvgIpc) is 2.99. The zero-order valence-electron chi connectivity index (χ0n) is 10.9. The highest BCUT2D eigenvalue weighted by Gasteiger charge is 2.10. The van der Waals surface area contributed by atoms with Crippen molar-refractivity contribution in [3.8, 4) is 22.4 Å². The van der Waals surface area contributed by atoms with Crippen molar-refractivity contribution in [2.45, 2.75) is 0 Å². The minimum absolute atomic E-state index is 0.742. The van der Waals surface area contributed by atoms with Crippen molar-refractivity contribution in [3.05, 3.63) is 55.6 Å². The molecule has 1 N–H and O–H groups in total. The van der Waals surface area contributed by atoms with Gasteiger partial charge in [-0.3, -0.25) is 4.98 Å². The molecule has 6 heteroatoms. The second kappa shape index (κ2) is 4.75. The minimum Gasteiger partial charge on any atom is -0.344 e. The van der Waals surface area contributed by atoms with Gasteiger partial charge in [0.1, 0.15) is 11.8 Å². The van der Waals surface area contributed by atoms with Crippen LogP contribution in [0.3, 0.4) is 0 Å². The van der Waals surface area contributed by atoms with E-state index in [1.165, 1.54) is 6.33 Å². The Bertz CT molecular complexity index is 886. The molecule has 0 saturated heterocycles. The van der Waals surface area contributed by atoms with E-state index in [4.69, 9.17) is 4.98 Å². The van der Waals surface area contributed by atoms with Gasteiger partial charge < -0.3 is 4.98 Å². The van der Waals surface area contributed by atoms with Crippen molar-refractivity contribution in [1.29, 1.82) is 0 Å². The lowest BCUT2D eigenvalue weighted by molar-refractivity contribution is 1.17. The van der Waals surface area contributed by atoms with Gasteiger partial charge in [0.2, 0.25) is 0 Å². The van der Waals surface area contributed by atoms with E-state index in [0.717, 1.165) is 33.5 Å². The number of hydrogen-bond acceptors (Lipinski definition) is 5. The van der Waals surface area contributed by atoms with Crippen molar-refractivity contribution in [3.63, 3.8) is 0 Å². The van der Waals surface area contributed by atoms with Crippen LogP contribution in [0.4, 0.5) is 0 Å². The molecule has 100 valence electrons. The molecule has 0 aliphatic rings. The van der Waals surface area contributed by atoms with E-state index in [1.807, 2.05) is 18.3 Å². The fraction of sp³-hybridized carbons (Fsp3) is 0. The zero-order chi connectivity index (χ0) is 14.1. The molecule has 4 aromatic rings. The van der Waals surface area contributed by atoms with E-state index in [2.05, 4.69) is 24.9 Å². The zero-order valence-corrected chi connectivity index (χ0v) is 10.9. The number of aromatic nitrogens is 6. The van der Waals surface area contributed by atoms with Crippen molar-refractivity contribution in [2.75, 3.05) is 0 Å². The van der Waals surface area contributed by atoms with E-state index < -0.39 is 0 Å². The molecule has 0 bridgehead atoms. The largest absolute Gasteiger partial charge is 0.344 e. The monoisotopic (exact) mass is 274 g/mol. The summed E-state index contributed by atoms with van der Waals surface area (Å²) in [5.41, 5.74) is 5.18. The van der Waals surface area contributed by atoms with Crippen LogP contribution in [-0.2, 0) is 0 Å². The lowest BCUT2D eigenvalue weighted by Gasteiger charge is -2.01. The molecular formula is C15H10N6. The van der Waals surface area contributed by atoms with E-state index in [-0.39, 0.29) is 0 Å². The molecule has 0 unspecified atom stereocenters. The molecule has 21 heavy (non-hydrogen) atoms. The van der Waals surface area contributed by atoms with Gasteiger partial charge in [-0.2, -0.15) is 0 Å². The summed E-state index contributed by atoms with van der Waals surface area (Å²) in [6.07, 6.45) is 12.1.